The fraction of sp³-hybridized carbons (Fsp3) is 0.222. The minimum Gasteiger partial charge on any atom is -0.397 e. The summed E-state index contributed by atoms with van der Waals surface area (Å²) >= 11 is 5.88. The Morgan fingerprint density at radius 1 is 1.50 bits per heavy atom. The third kappa shape index (κ3) is 2.22. The van der Waals surface area contributed by atoms with Gasteiger partial charge >= 0.3 is 0 Å². The third-order valence-electron chi connectivity index (χ3n) is 2.14. The average molecular weight is 239 g/mol. The topological polar surface area (TPSA) is 92.5 Å². The van der Waals surface area contributed by atoms with Crippen LogP contribution in [0.25, 0.3) is 0 Å². The first-order valence-corrected chi connectivity index (χ1v) is 5.09. The maximum Gasteiger partial charge on any atom is 0.196 e. The number of H-pyrrole nitrogens is 1. The van der Waals surface area contributed by atoms with E-state index in [2.05, 4.69) is 25.9 Å². The van der Waals surface area contributed by atoms with Crippen molar-refractivity contribution in [3.05, 3.63) is 29.0 Å². The second kappa shape index (κ2) is 4.36. The fourth-order valence-electron chi connectivity index (χ4n) is 1.30. The normalized spacial score (nSPS) is 12.4. The molecule has 84 valence electrons. The van der Waals surface area contributed by atoms with Gasteiger partial charge in [-0.25, -0.2) is 0 Å². The molecule has 1 aromatic carbocycles. The Labute approximate surface area is 97.2 Å². The summed E-state index contributed by atoms with van der Waals surface area (Å²) in [6.45, 7) is 1.91. The molecule has 2 aromatic rings. The van der Waals surface area contributed by atoms with Crippen molar-refractivity contribution >= 4 is 23.0 Å². The summed E-state index contributed by atoms with van der Waals surface area (Å²) in [4.78, 5) is 0. The van der Waals surface area contributed by atoms with E-state index >= 15 is 0 Å². The molecule has 0 saturated carbocycles. The highest BCUT2D eigenvalue weighted by atomic mass is 35.5. The van der Waals surface area contributed by atoms with Crippen LogP contribution in [0.5, 0.6) is 0 Å². The Morgan fingerprint density at radius 2 is 2.31 bits per heavy atom. The molecule has 0 amide bonds. The molecule has 1 aromatic heterocycles. The minimum atomic E-state index is -0.0977. The predicted molar refractivity (Wildman–Crippen MR) is 62.1 cm³/mol. The summed E-state index contributed by atoms with van der Waals surface area (Å²) in [5, 5.41) is 17.4. The largest absolute Gasteiger partial charge is 0.397 e. The first-order valence-electron chi connectivity index (χ1n) is 4.71. The van der Waals surface area contributed by atoms with Crippen LogP contribution in [-0.2, 0) is 0 Å². The Balaban J connectivity index is 2.17. The minimum absolute atomic E-state index is 0.0977. The van der Waals surface area contributed by atoms with Crippen molar-refractivity contribution < 1.29 is 0 Å². The number of anilines is 2. The van der Waals surface area contributed by atoms with Crippen LogP contribution in [0.2, 0.25) is 5.02 Å². The standard InChI is InChI=1S/C9H11ClN6/c1-5(9-13-15-16-14-9)12-8-4-6(10)2-3-7(8)11/h2-5,12H,11H2,1H3,(H,13,14,15,16). The van der Waals surface area contributed by atoms with E-state index in [4.69, 9.17) is 17.3 Å². The van der Waals surface area contributed by atoms with Gasteiger partial charge in [-0.1, -0.05) is 16.8 Å². The van der Waals surface area contributed by atoms with Crippen molar-refractivity contribution in [1.29, 1.82) is 0 Å². The third-order valence-corrected chi connectivity index (χ3v) is 2.37. The molecule has 0 fully saturated rings. The van der Waals surface area contributed by atoms with E-state index in [-0.39, 0.29) is 6.04 Å². The molecule has 0 saturated heterocycles. The van der Waals surface area contributed by atoms with Gasteiger partial charge in [0.25, 0.3) is 0 Å². The lowest BCUT2D eigenvalue weighted by Gasteiger charge is -2.13. The monoisotopic (exact) mass is 238 g/mol. The second-order valence-corrected chi connectivity index (χ2v) is 3.80. The highest BCUT2D eigenvalue weighted by molar-refractivity contribution is 6.31. The van der Waals surface area contributed by atoms with E-state index < -0.39 is 0 Å². The highest BCUT2D eigenvalue weighted by Gasteiger charge is 2.11. The first kappa shape index (κ1) is 10.7. The summed E-state index contributed by atoms with van der Waals surface area (Å²) in [6.07, 6.45) is 0. The molecule has 0 aliphatic heterocycles. The van der Waals surface area contributed by atoms with Crippen LogP contribution >= 0.6 is 11.6 Å². The van der Waals surface area contributed by atoms with E-state index in [0.29, 0.717) is 16.5 Å². The number of tetrazole rings is 1. The number of aromatic nitrogens is 4. The molecular weight excluding hydrogens is 228 g/mol. The molecule has 0 spiro atoms. The lowest BCUT2D eigenvalue weighted by Crippen LogP contribution is -2.10. The average Bonchev–Trinajstić information content (AvgIpc) is 2.76. The van der Waals surface area contributed by atoms with Gasteiger partial charge in [0, 0.05) is 5.02 Å². The summed E-state index contributed by atoms with van der Waals surface area (Å²) in [6, 6.07) is 5.14. The van der Waals surface area contributed by atoms with E-state index in [9.17, 15) is 0 Å². The van der Waals surface area contributed by atoms with Crippen LogP contribution in [0.15, 0.2) is 18.2 Å². The van der Waals surface area contributed by atoms with E-state index in [0.717, 1.165) is 5.69 Å². The number of nitrogen functional groups attached to an aromatic ring is 1. The summed E-state index contributed by atoms with van der Waals surface area (Å²) in [5.41, 5.74) is 7.18. The Kier molecular flexibility index (Phi) is 2.91. The lowest BCUT2D eigenvalue weighted by molar-refractivity contribution is 0.794. The molecule has 2 rings (SSSR count). The molecule has 1 heterocycles. The number of aromatic amines is 1. The van der Waals surface area contributed by atoms with Crippen LogP contribution < -0.4 is 11.1 Å². The number of halogens is 1. The SMILES string of the molecule is CC(Nc1cc(Cl)ccc1N)c1nn[nH]n1. The zero-order valence-electron chi connectivity index (χ0n) is 8.61. The van der Waals surface area contributed by atoms with Gasteiger partial charge in [0.2, 0.25) is 0 Å². The molecule has 0 aliphatic rings. The van der Waals surface area contributed by atoms with Crippen molar-refractivity contribution in [2.24, 2.45) is 0 Å². The second-order valence-electron chi connectivity index (χ2n) is 3.37. The lowest BCUT2D eigenvalue weighted by atomic mass is 10.2. The van der Waals surface area contributed by atoms with Crippen LogP contribution in [-0.4, -0.2) is 20.6 Å². The number of benzene rings is 1. The zero-order valence-corrected chi connectivity index (χ0v) is 9.36. The van der Waals surface area contributed by atoms with E-state index in [1.54, 1.807) is 18.2 Å². The molecular formula is C9H11ClN6. The van der Waals surface area contributed by atoms with Gasteiger partial charge in [0.05, 0.1) is 17.4 Å². The fourth-order valence-corrected chi connectivity index (χ4v) is 1.48. The number of hydrogen-bond donors (Lipinski definition) is 3. The Morgan fingerprint density at radius 3 is 3.00 bits per heavy atom. The van der Waals surface area contributed by atoms with Crippen LogP contribution in [0, 0.1) is 0 Å². The molecule has 4 N–H and O–H groups in total. The zero-order chi connectivity index (χ0) is 11.5. The molecule has 1 atom stereocenters. The Bertz CT molecular complexity index is 469. The van der Waals surface area contributed by atoms with Gasteiger partial charge in [-0.05, 0) is 25.1 Å². The number of nitrogens with one attached hydrogen (secondary N) is 2. The maximum atomic E-state index is 5.88. The van der Waals surface area contributed by atoms with E-state index in [1.807, 2.05) is 6.92 Å². The number of nitrogens with two attached hydrogens (primary N) is 1. The molecule has 7 heteroatoms. The van der Waals surface area contributed by atoms with Gasteiger partial charge in [0.1, 0.15) is 0 Å². The number of rotatable bonds is 3. The molecule has 6 nitrogen and oxygen atoms in total. The molecule has 16 heavy (non-hydrogen) atoms. The van der Waals surface area contributed by atoms with Crippen molar-refractivity contribution in [3.63, 3.8) is 0 Å². The summed E-state index contributed by atoms with van der Waals surface area (Å²) in [5.74, 6) is 0.569. The number of hydrogen-bond acceptors (Lipinski definition) is 5. The van der Waals surface area contributed by atoms with Gasteiger partial charge < -0.3 is 11.1 Å². The Hall–Kier alpha value is -1.82. The van der Waals surface area contributed by atoms with Crippen LogP contribution in [0.1, 0.15) is 18.8 Å². The maximum absolute atomic E-state index is 5.88. The van der Waals surface area contributed by atoms with Crippen molar-refractivity contribution in [1.82, 2.24) is 20.6 Å². The van der Waals surface area contributed by atoms with Crippen molar-refractivity contribution in [2.75, 3.05) is 11.1 Å². The molecule has 1 unspecified atom stereocenters. The molecule has 0 radical (unpaired) electrons. The van der Waals surface area contributed by atoms with Crippen molar-refractivity contribution in [3.8, 4) is 0 Å². The van der Waals surface area contributed by atoms with Gasteiger partial charge in [0.15, 0.2) is 5.82 Å². The van der Waals surface area contributed by atoms with Crippen molar-refractivity contribution in [2.45, 2.75) is 13.0 Å². The smallest absolute Gasteiger partial charge is 0.196 e. The van der Waals surface area contributed by atoms with Gasteiger partial charge in [-0.3, -0.25) is 0 Å². The first-order chi connectivity index (χ1) is 7.66. The molecule has 0 aliphatic carbocycles. The molecule has 0 bridgehead atoms. The van der Waals surface area contributed by atoms with Gasteiger partial charge in [-0.15, -0.1) is 10.2 Å². The summed E-state index contributed by atoms with van der Waals surface area (Å²) < 4.78 is 0. The number of nitrogens with zero attached hydrogens (tertiary/aromatic N) is 3. The van der Waals surface area contributed by atoms with Crippen LogP contribution in [0.4, 0.5) is 11.4 Å². The predicted octanol–water partition coefficient (Wildman–Crippen LogP) is 1.61. The highest BCUT2D eigenvalue weighted by Crippen LogP contribution is 2.25. The summed E-state index contributed by atoms with van der Waals surface area (Å²) in [7, 11) is 0. The van der Waals surface area contributed by atoms with Gasteiger partial charge in [-0.2, -0.15) is 5.21 Å². The van der Waals surface area contributed by atoms with E-state index in [1.165, 1.54) is 0 Å². The van der Waals surface area contributed by atoms with Crippen LogP contribution in [0.3, 0.4) is 0 Å². The quantitative estimate of drug-likeness (QED) is 0.707.